The van der Waals surface area contributed by atoms with E-state index in [1.165, 1.54) is 32.1 Å². The first-order valence-corrected chi connectivity index (χ1v) is 22.9. The summed E-state index contributed by atoms with van der Waals surface area (Å²) in [5.74, 6) is -5.98. The van der Waals surface area contributed by atoms with E-state index in [9.17, 15) is 74.4 Å². The summed E-state index contributed by atoms with van der Waals surface area (Å²) in [5.41, 5.74) is -7.83. The normalized spacial score (nSPS) is 23.7. The number of rotatable bonds is 16. The van der Waals surface area contributed by atoms with Gasteiger partial charge in [-0.25, -0.2) is 16.8 Å². The number of alkyl halides is 9. The molecule has 4 fully saturated rings. The van der Waals surface area contributed by atoms with Gasteiger partial charge in [0.15, 0.2) is 20.0 Å². The Morgan fingerprint density at radius 1 is 0.717 bits per heavy atom. The van der Waals surface area contributed by atoms with Crippen molar-refractivity contribution in [2.45, 2.75) is 134 Å². The molecule has 0 atom stereocenters. The summed E-state index contributed by atoms with van der Waals surface area (Å²) in [7, 11) is -22.7. The lowest BCUT2D eigenvalue weighted by Crippen LogP contribution is -2.61. The maximum Gasteiger partial charge on any atom is 0.480 e. The average Bonchev–Trinajstić information content (AvgIpc) is 3.13. The van der Waals surface area contributed by atoms with E-state index in [-0.39, 0.29) is 34.8 Å². The molecule has 0 saturated heterocycles. The third kappa shape index (κ3) is 10.3. The summed E-state index contributed by atoms with van der Waals surface area (Å²) in [5, 5.41) is -9.21. The summed E-state index contributed by atoms with van der Waals surface area (Å²) < 4.78 is 199. The van der Waals surface area contributed by atoms with Gasteiger partial charge in [0.05, 0.1) is 5.41 Å². The SMILES string of the molecule is C=N.CCC(C)(C)C(=O)Cc1ccc(OS(=O)(=O)C(F)(F)C(F)(F)C(F)(F)S(=O)(=O)[N-]S(=O)(=O)C(F)(F)F)cc1.CCC(C)(C)C(=O)OC1(CC)C2CC3CC(C2)CC1C3. The number of halogens is 9. The van der Waals surface area contributed by atoms with E-state index in [0.717, 1.165) is 36.8 Å². The van der Waals surface area contributed by atoms with Crippen LogP contribution in [0.2, 0.25) is 0 Å². The molecular weight excluding hydrogens is 888 g/mol. The fraction of sp³-hybridized carbons (Fsp3) is 0.750. The van der Waals surface area contributed by atoms with Crippen LogP contribution >= 0.6 is 0 Å². The molecule has 4 aliphatic rings. The fourth-order valence-corrected chi connectivity index (χ4v) is 10.6. The van der Waals surface area contributed by atoms with Gasteiger partial charge >= 0.3 is 38.0 Å². The molecule has 1 aromatic rings. The monoisotopic (exact) mass is 937 g/mol. The van der Waals surface area contributed by atoms with Crippen molar-refractivity contribution in [2.24, 2.45) is 34.5 Å². The number of nitrogens with zero attached hydrogens (tertiary/aromatic N) is 1. The highest BCUT2D eigenvalue weighted by atomic mass is 32.3. The van der Waals surface area contributed by atoms with E-state index in [1.807, 2.05) is 13.8 Å². The number of Topliss-reactive ketones (excluding diaryl/α,β-unsaturated/α-hetero) is 1. The van der Waals surface area contributed by atoms with Crippen molar-refractivity contribution < 1.29 is 83.3 Å². The van der Waals surface area contributed by atoms with Gasteiger partial charge in [0.2, 0.25) is 0 Å². The standard InChI is InChI=1S/C18H30O2.C17H17F9NO8S3.CH3N/c1-5-17(3,4)16(19)20-18(6-2)14-8-12-7-13(10-14)11-15(18)9-12;1-4-13(2,3)12(28)9-10-5-7-11(8-6-10)35-38(33,34)16(22,23)14(18,19)15(20,21)36(29,30)27-37(31,32)17(24,25)26;1-2/h12-15H,5-11H2,1-4H3;5-8H,4,9H2,1-3H3;2H,1H2/q;-1;. The number of hydrogen-bond donors (Lipinski definition) is 1. The second-order valence-corrected chi connectivity index (χ2v) is 21.4. The Hall–Kier alpha value is -2.99. The minimum atomic E-state index is -8.00. The maximum absolute atomic E-state index is 14.1. The van der Waals surface area contributed by atoms with E-state index in [1.54, 1.807) is 20.8 Å². The zero-order valence-electron chi connectivity index (χ0n) is 33.8. The summed E-state index contributed by atoms with van der Waals surface area (Å²) in [6.45, 7) is 15.8. The first kappa shape index (κ1) is 53.1. The first-order valence-electron chi connectivity index (χ1n) is 18.6. The third-order valence-electron chi connectivity index (χ3n) is 11.8. The van der Waals surface area contributed by atoms with Crippen LogP contribution in [0.5, 0.6) is 5.75 Å². The highest BCUT2D eigenvalue weighted by Crippen LogP contribution is 2.61. The molecule has 12 nitrogen and oxygen atoms in total. The van der Waals surface area contributed by atoms with Gasteiger partial charge in [-0.2, -0.15) is 47.9 Å². The summed E-state index contributed by atoms with van der Waals surface area (Å²) in [6.07, 6.45) is 8.70. The lowest BCUT2D eigenvalue weighted by atomic mass is 9.49. The second kappa shape index (κ2) is 18.0. The lowest BCUT2D eigenvalue weighted by Gasteiger charge is -2.60. The van der Waals surface area contributed by atoms with Crippen molar-refractivity contribution in [2.75, 3.05) is 0 Å². The second-order valence-electron chi connectivity index (χ2n) is 16.3. The molecule has 0 heterocycles. The van der Waals surface area contributed by atoms with Gasteiger partial charge in [-0.1, -0.05) is 46.8 Å². The van der Waals surface area contributed by atoms with Crippen molar-refractivity contribution in [3.8, 4) is 5.75 Å². The van der Waals surface area contributed by atoms with Crippen LogP contribution in [0.15, 0.2) is 24.3 Å². The zero-order chi connectivity index (χ0) is 46.9. The molecule has 0 amide bonds. The Labute approximate surface area is 344 Å². The van der Waals surface area contributed by atoms with Crippen LogP contribution in [0, 0.1) is 39.9 Å². The number of carbonyl (C=O) groups is 2. The Kier molecular flexibility index (Phi) is 16.0. The third-order valence-corrected chi connectivity index (χ3v) is 16.1. The van der Waals surface area contributed by atoms with Crippen molar-refractivity contribution in [1.29, 1.82) is 5.41 Å². The Bertz CT molecular complexity index is 2010. The molecule has 24 heteroatoms. The number of hydrogen-bond acceptors (Lipinski definition) is 11. The molecule has 4 aliphatic carbocycles. The highest BCUT2D eigenvalue weighted by Gasteiger charge is 2.81. The molecule has 1 aromatic carbocycles. The molecule has 4 bridgehead atoms. The van der Waals surface area contributed by atoms with E-state index < -0.39 is 63.3 Å². The van der Waals surface area contributed by atoms with Crippen molar-refractivity contribution >= 4 is 48.6 Å². The highest BCUT2D eigenvalue weighted by molar-refractivity contribution is 8.13. The summed E-state index contributed by atoms with van der Waals surface area (Å²) >= 11 is 0. The first-order chi connectivity index (χ1) is 27.0. The quantitative estimate of drug-likeness (QED) is 0.0723. The average molecular weight is 938 g/mol. The predicted molar refractivity (Wildman–Crippen MR) is 201 cm³/mol. The van der Waals surface area contributed by atoms with Crippen LogP contribution in [0.4, 0.5) is 39.5 Å². The molecule has 346 valence electrons. The number of esters is 1. The van der Waals surface area contributed by atoms with Crippen LogP contribution < -0.4 is 4.18 Å². The van der Waals surface area contributed by atoms with Gasteiger partial charge in [0.1, 0.15) is 17.1 Å². The fourth-order valence-electron chi connectivity index (χ4n) is 7.42. The van der Waals surface area contributed by atoms with Gasteiger partial charge in [0, 0.05) is 11.8 Å². The van der Waals surface area contributed by atoms with E-state index >= 15 is 0 Å². The van der Waals surface area contributed by atoms with Crippen molar-refractivity contribution in [3.63, 3.8) is 0 Å². The molecule has 1 N–H and O–H groups in total. The molecule has 0 aromatic heterocycles. The van der Waals surface area contributed by atoms with E-state index in [2.05, 4.69) is 24.7 Å². The van der Waals surface area contributed by atoms with Crippen LogP contribution in [0.3, 0.4) is 0 Å². The van der Waals surface area contributed by atoms with Crippen molar-refractivity contribution in [1.82, 2.24) is 0 Å². The van der Waals surface area contributed by atoms with Crippen molar-refractivity contribution in [3.05, 3.63) is 34.0 Å². The van der Waals surface area contributed by atoms with Crippen LogP contribution in [0.25, 0.3) is 4.13 Å². The number of carbonyl (C=O) groups excluding carboxylic acids is 2. The molecule has 0 aliphatic heterocycles. The van der Waals surface area contributed by atoms with E-state index in [0.29, 0.717) is 34.5 Å². The van der Waals surface area contributed by atoms with Gasteiger partial charge in [-0.15, -0.1) is 0 Å². The summed E-state index contributed by atoms with van der Waals surface area (Å²) in [4.78, 5) is 24.8. The van der Waals surface area contributed by atoms with Gasteiger partial charge < -0.3 is 18.5 Å². The number of ketones is 1. The molecule has 0 spiro atoms. The summed E-state index contributed by atoms with van der Waals surface area (Å²) in [6, 6.07) is 2.94. The number of sulfonamides is 2. The van der Waals surface area contributed by atoms with Gasteiger partial charge in [-0.3, -0.25) is 9.59 Å². The van der Waals surface area contributed by atoms with Crippen LogP contribution in [0.1, 0.15) is 105 Å². The van der Waals surface area contributed by atoms with Crippen LogP contribution in [-0.4, -0.2) is 71.3 Å². The maximum atomic E-state index is 14.1. The molecule has 0 unspecified atom stereocenters. The van der Waals surface area contributed by atoms with Gasteiger partial charge in [0.25, 0.3) is 0 Å². The van der Waals surface area contributed by atoms with Gasteiger partial charge in [-0.05, 0) is 113 Å². The number of ether oxygens (including phenoxy) is 1. The Balaban J connectivity index is 0.000000467. The topological polar surface area (TPSA) is 193 Å². The minimum absolute atomic E-state index is 0.0364. The number of benzene rings is 1. The Morgan fingerprint density at radius 2 is 1.15 bits per heavy atom. The molecular formula is C36H50F9N2O10S3-. The lowest BCUT2D eigenvalue weighted by molar-refractivity contribution is -0.245. The predicted octanol–water partition coefficient (Wildman–Crippen LogP) is 9.15. The molecule has 0 radical (unpaired) electrons. The molecule has 5 rings (SSSR count). The number of nitrogens with one attached hydrogen (secondary N) is 1. The zero-order valence-corrected chi connectivity index (χ0v) is 36.3. The molecule has 4 saturated carbocycles. The Morgan fingerprint density at radius 3 is 1.53 bits per heavy atom. The minimum Gasteiger partial charge on any atom is -0.458 e. The molecule has 60 heavy (non-hydrogen) atoms. The smallest absolute Gasteiger partial charge is 0.458 e. The van der Waals surface area contributed by atoms with E-state index in [4.69, 9.17) is 10.1 Å². The van der Waals surface area contributed by atoms with Crippen LogP contribution in [-0.2, 0) is 50.9 Å². The largest absolute Gasteiger partial charge is 0.480 e.